The molecule has 9 heteroatoms. The maximum absolute atomic E-state index is 11.2. The Bertz CT molecular complexity index is 462. The number of aromatic nitrogens is 3. The summed E-state index contributed by atoms with van der Waals surface area (Å²) in [7, 11) is -3.70. The van der Waals surface area contributed by atoms with Crippen molar-refractivity contribution in [2.24, 2.45) is 0 Å². The van der Waals surface area contributed by atoms with E-state index in [-0.39, 0.29) is 5.75 Å². The SMILES string of the molecule is C=CCS(=O)(=O)c1n[nH]c([N+](=O)[O-])n1. The van der Waals surface area contributed by atoms with Crippen LogP contribution >= 0.6 is 0 Å². The smallest absolute Gasteiger partial charge is 0.390 e. The number of aromatic amines is 1. The molecule has 0 aliphatic heterocycles. The van der Waals surface area contributed by atoms with E-state index < -0.39 is 25.9 Å². The Morgan fingerprint density at radius 1 is 1.64 bits per heavy atom. The number of sulfone groups is 1. The largest absolute Gasteiger partial charge is 0.454 e. The van der Waals surface area contributed by atoms with Gasteiger partial charge in [0.2, 0.25) is 9.84 Å². The van der Waals surface area contributed by atoms with E-state index in [1.54, 1.807) is 0 Å². The fraction of sp³-hybridized carbons (Fsp3) is 0.200. The van der Waals surface area contributed by atoms with Crippen LogP contribution in [0.3, 0.4) is 0 Å². The van der Waals surface area contributed by atoms with Gasteiger partial charge >= 0.3 is 11.1 Å². The maximum Gasteiger partial charge on any atom is 0.454 e. The van der Waals surface area contributed by atoms with Gasteiger partial charge in [-0.05, 0) is 9.91 Å². The maximum atomic E-state index is 11.2. The first-order valence-corrected chi connectivity index (χ1v) is 5.03. The van der Waals surface area contributed by atoms with Crippen LogP contribution in [0.1, 0.15) is 0 Å². The summed E-state index contributed by atoms with van der Waals surface area (Å²) in [4.78, 5) is 12.5. The summed E-state index contributed by atoms with van der Waals surface area (Å²) in [5.41, 5.74) is 0. The summed E-state index contributed by atoms with van der Waals surface area (Å²) in [6, 6.07) is 0. The number of nitrogens with zero attached hydrogens (tertiary/aromatic N) is 3. The van der Waals surface area contributed by atoms with E-state index in [0.717, 1.165) is 6.08 Å². The molecule has 0 spiro atoms. The number of hydrogen-bond donors (Lipinski definition) is 1. The lowest BCUT2D eigenvalue weighted by Crippen LogP contribution is -2.06. The fourth-order valence-electron chi connectivity index (χ4n) is 0.689. The van der Waals surface area contributed by atoms with Gasteiger partial charge in [-0.15, -0.1) is 11.7 Å². The van der Waals surface area contributed by atoms with Crippen LogP contribution in [0.25, 0.3) is 0 Å². The Labute approximate surface area is 78.7 Å². The van der Waals surface area contributed by atoms with E-state index in [4.69, 9.17) is 0 Å². The molecule has 1 rings (SSSR count). The summed E-state index contributed by atoms with van der Waals surface area (Å²) in [6.45, 7) is 3.23. The highest BCUT2D eigenvalue weighted by atomic mass is 32.2. The fourth-order valence-corrected chi connectivity index (χ4v) is 1.56. The molecule has 1 N–H and O–H groups in total. The zero-order valence-corrected chi connectivity index (χ0v) is 7.69. The molecule has 1 aromatic rings. The van der Waals surface area contributed by atoms with Crippen molar-refractivity contribution in [2.45, 2.75) is 5.16 Å². The van der Waals surface area contributed by atoms with Crippen molar-refractivity contribution in [1.82, 2.24) is 15.2 Å². The molecule has 0 unspecified atom stereocenters. The van der Waals surface area contributed by atoms with Gasteiger partial charge in [-0.25, -0.2) is 8.42 Å². The van der Waals surface area contributed by atoms with Crippen molar-refractivity contribution in [3.05, 3.63) is 22.8 Å². The van der Waals surface area contributed by atoms with Gasteiger partial charge in [-0.1, -0.05) is 11.2 Å². The van der Waals surface area contributed by atoms with Crippen molar-refractivity contribution in [3.63, 3.8) is 0 Å². The molecule has 0 saturated carbocycles. The molecular formula is C5H6N4O4S. The molecule has 0 aromatic carbocycles. The third-order valence-corrected chi connectivity index (χ3v) is 2.65. The van der Waals surface area contributed by atoms with Crippen LogP contribution in [0.15, 0.2) is 17.8 Å². The van der Waals surface area contributed by atoms with Gasteiger partial charge in [0.1, 0.15) is 0 Å². The van der Waals surface area contributed by atoms with Gasteiger partial charge in [-0.2, -0.15) is 0 Å². The van der Waals surface area contributed by atoms with E-state index in [9.17, 15) is 18.5 Å². The van der Waals surface area contributed by atoms with E-state index in [1.165, 1.54) is 0 Å². The summed E-state index contributed by atoms with van der Waals surface area (Å²) in [5, 5.41) is 14.7. The van der Waals surface area contributed by atoms with Crippen molar-refractivity contribution >= 4 is 15.8 Å². The van der Waals surface area contributed by atoms with Gasteiger partial charge in [0, 0.05) is 0 Å². The molecule has 1 aromatic heterocycles. The lowest BCUT2D eigenvalue weighted by molar-refractivity contribution is -0.394. The molecule has 0 aliphatic rings. The molecule has 76 valence electrons. The molecule has 14 heavy (non-hydrogen) atoms. The normalized spacial score (nSPS) is 11.1. The molecule has 0 atom stereocenters. The molecule has 1 heterocycles. The van der Waals surface area contributed by atoms with Crippen LogP contribution in [0.2, 0.25) is 0 Å². The van der Waals surface area contributed by atoms with Crippen LogP contribution in [-0.2, 0) is 9.84 Å². The molecule has 0 fully saturated rings. The van der Waals surface area contributed by atoms with E-state index in [2.05, 4.69) is 16.7 Å². The number of nitrogens with one attached hydrogen (secondary N) is 1. The van der Waals surface area contributed by atoms with Gasteiger partial charge in [-0.3, -0.25) is 0 Å². The second-order valence-corrected chi connectivity index (χ2v) is 4.20. The van der Waals surface area contributed by atoms with Gasteiger partial charge < -0.3 is 10.1 Å². The number of hydrogen-bond acceptors (Lipinski definition) is 6. The summed E-state index contributed by atoms with van der Waals surface area (Å²) < 4.78 is 22.5. The second kappa shape index (κ2) is 3.54. The van der Waals surface area contributed by atoms with E-state index >= 15 is 0 Å². The quantitative estimate of drug-likeness (QED) is 0.420. The van der Waals surface area contributed by atoms with Crippen molar-refractivity contribution in [3.8, 4) is 0 Å². The Morgan fingerprint density at radius 3 is 2.71 bits per heavy atom. The third kappa shape index (κ3) is 1.93. The lowest BCUT2D eigenvalue weighted by atomic mass is 10.8. The minimum absolute atomic E-state index is 0.359. The highest BCUT2D eigenvalue weighted by molar-refractivity contribution is 7.91. The molecule has 0 saturated heterocycles. The van der Waals surface area contributed by atoms with Gasteiger partial charge in [0.25, 0.3) is 0 Å². The average Bonchev–Trinajstić information content (AvgIpc) is 2.51. The topological polar surface area (TPSA) is 119 Å². The minimum atomic E-state index is -3.70. The number of rotatable bonds is 4. The monoisotopic (exact) mass is 218 g/mol. The van der Waals surface area contributed by atoms with Crippen molar-refractivity contribution in [1.29, 1.82) is 0 Å². The van der Waals surface area contributed by atoms with Crippen molar-refractivity contribution < 1.29 is 13.3 Å². The predicted molar refractivity (Wildman–Crippen MR) is 45.3 cm³/mol. The first-order valence-electron chi connectivity index (χ1n) is 3.38. The number of nitro groups is 1. The van der Waals surface area contributed by atoms with Gasteiger partial charge in [0.05, 0.1) is 5.75 Å². The van der Waals surface area contributed by atoms with Crippen LogP contribution in [0.4, 0.5) is 5.95 Å². The average molecular weight is 218 g/mol. The van der Waals surface area contributed by atoms with Crippen molar-refractivity contribution in [2.75, 3.05) is 5.75 Å². The standard InChI is InChI=1S/C5H6N4O4S/c1-2-3-14(12,13)5-6-4(7-8-5)9(10)11/h2H,1,3H2,(H,6,7,8). The third-order valence-electron chi connectivity index (χ3n) is 1.24. The van der Waals surface area contributed by atoms with Crippen LogP contribution < -0.4 is 0 Å². The minimum Gasteiger partial charge on any atom is -0.390 e. The Hall–Kier alpha value is -1.77. The summed E-state index contributed by atoms with van der Waals surface area (Å²) in [5.74, 6) is -1.06. The van der Waals surface area contributed by atoms with Gasteiger partial charge in [0.15, 0.2) is 0 Å². The zero-order chi connectivity index (χ0) is 10.8. The zero-order valence-electron chi connectivity index (χ0n) is 6.87. The van der Waals surface area contributed by atoms with E-state index in [0.29, 0.717) is 0 Å². The first-order chi connectivity index (χ1) is 6.47. The first kappa shape index (κ1) is 10.3. The number of H-pyrrole nitrogens is 1. The Kier molecular flexibility index (Phi) is 2.60. The molecule has 0 bridgehead atoms. The van der Waals surface area contributed by atoms with Crippen LogP contribution in [0.5, 0.6) is 0 Å². The Morgan fingerprint density at radius 2 is 2.29 bits per heavy atom. The highest BCUT2D eigenvalue weighted by Gasteiger charge is 2.25. The van der Waals surface area contributed by atoms with Crippen LogP contribution in [-0.4, -0.2) is 34.3 Å². The lowest BCUT2D eigenvalue weighted by Gasteiger charge is -1.88. The highest BCUT2D eigenvalue weighted by Crippen LogP contribution is 2.08. The molecule has 0 radical (unpaired) electrons. The Balaban J connectivity index is 3.09. The van der Waals surface area contributed by atoms with E-state index in [1.807, 2.05) is 5.10 Å². The summed E-state index contributed by atoms with van der Waals surface area (Å²) in [6.07, 6.45) is 1.15. The predicted octanol–water partition coefficient (Wildman–Crippen LogP) is -0.327. The van der Waals surface area contributed by atoms with Crippen LogP contribution in [0, 0.1) is 10.1 Å². The second-order valence-electron chi connectivity index (χ2n) is 2.27. The molecule has 0 aliphatic carbocycles. The molecular weight excluding hydrogens is 212 g/mol. The molecule has 8 nitrogen and oxygen atoms in total. The molecule has 0 amide bonds. The summed E-state index contributed by atoms with van der Waals surface area (Å²) >= 11 is 0.